The number of benzene rings is 1. The second-order valence-electron chi connectivity index (χ2n) is 8.18. The number of nitrogens with zero attached hydrogens (tertiary/aromatic N) is 3. The van der Waals surface area contributed by atoms with Crippen LogP contribution >= 0.6 is 0 Å². The summed E-state index contributed by atoms with van der Waals surface area (Å²) >= 11 is 0. The SMILES string of the molecule is CC(Nc1ccc2c(c1)c(C1=NCCOC1)c(O)n2C1CCOCC1)c1cccnc1. The minimum absolute atomic E-state index is 0.108. The van der Waals surface area contributed by atoms with Gasteiger partial charge < -0.3 is 24.5 Å². The lowest BCUT2D eigenvalue weighted by Crippen LogP contribution is -2.20. The number of aliphatic imine (C=N–C) groups is 1. The minimum atomic E-state index is 0.108. The molecule has 31 heavy (non-hydrogen) atoms. The standard InChI is InChI=1S/C24H28N4O3/c1-16(17-3-2-8-25-14-17)27-18-4-5-22-20(13-18)23(21-15-31-12-9-26-21)24(29)28(22)19-6-10-30-11-7-19/h2-5,8,13-14,16,19,27,29H,6-7,9-12,15H2,1H3. The lowest BCUT2D eigenvalue weighted by Gasteiger charge is -2.25. The summed E-state index contributed by atoms with van der Waals surface area (Å²) in [6.07, 6.45) is 5.43. The number of rotatable bonds is 5. The van der Waals surface area contributed by atoms with Crippen LogP contribution in [0.15, 0.2) is 47.7 Å². The largest absolute Gasteiger partial charge is 0.494 e. The molecule has 2 aromatic heterocycles. The molecule has 0 amide bonds. The molecule has 3 aromatic rings. The fraction of sp³-hybridized carbons (Fsp3) is 0.417. The molecule has 0 saturated carbocycles. The van der Waals surface area contributed by atoms with Crippen LogP contribution in [0, 0.1) is 0 Å². The molecule has 7 nitrogen and oxygen atoms in total. The highest BCUT2D eigenvalue weighted by Crippen LogP contribution is 2.39. The van der Waals surface area contributed by atoms with E-state index >= 15 is 0 Å². The first-order chi connectivity index (χ1) is 15.2. The third kappa shape index (κ3) is 3.91. The Morgan fingerprint density at radius 2 is 2.03 bits per heavy atom. The summed E-state index contributed by atoms with van der Waals surface area (Å²) in [5, 5.41) is 15.9. The lowest BCUT2D eigenvalue weighted by molar-refractivity contribution is 0.0688. The predicted molar refractivity (Wildman–Crippen MR) is 121 cm³/mol. The molecule has 7 heteroatoms. The third-order valence-corrected chi connectivity index (χ3v) is 6.17. The van der Waals surface area contributed by atoms with Gasteiger partial charge in [0.15, 0.2) is 0 Å². The van der Waals surface area contributed by atoms with Crippen molar-refractivity contribution in [3.63, 3.8) is 0 Å². The van der Waals surface area contributed by atoms with E-state index in [1.165, 1.54) is 0 Å². The highest BCUT2D eigenvalue weighted by molar-refractivity contribution is 6.14. The van der Waals surface area contributed by atoms with Crippen LogP contribution in [0.5, 0.6) is 5.88 Å². The number of hydrogen-bond donors (Lipinski definition) is 2. The van der Waals surface area contributed by atoms with Gasteiger partial charge in [-0.15, -0.1) is 0 Å². The maximum Gasteiger partial charge on any atom is 0.201 e. The highest BCUT2D eigenvalue weighted by atomic mass is 16.5. The first kappa shape index (κ1) is 20.0. The quantitative estimate of drug-likeness (QED) is 0.650. The van der Waals surface area contributed by atoms with Crippen LogP contribution in [0.3, 0.4) is 0 Å². The van der Waals surface area contributed by atoms with Crippen molar-refractivity contribution in [1.29, 1.82) is 0 Å². The normalized spacial score (nSPS) is 18.7. The van der Waals surface area contributed by atoms with Gasteiger partial charge in [0.2, 0.25) is 5.88 Å². The first-order valence-corrected chi connectivity index (χ1v) is 10.9. The molecule has 0 spiro atoms. The molecule has 1 atom stereocenters. The van der Waals surface area contributed by atoms with Gasteiger partial charge in [-0.25, -0.2) is 0 Å². The topological polar surface area (TPSA) is 80.9 Å². The lowest BCUT2D eigenvalue weighted by atomic mass is 10.1. The molecule has 2 aliphatic rings. The molecule has 2 N–H and O–H groups in total. The Morgan fingerprint density at radius 3 is 2.77 bits per heavy atom. The van der Waals surface area contributed by atoms with Crippen molar-refractivity contribution >= 4 is 22.3 Å². The summed E-state index contributed by atoms with van der Waals surface area (Å²) in [5.74, 6) is 0.281. The number of fused-ring (bicyclic) bond motifs is 1. The van der Waals surface area contributed by atoms with Crippen molar-refractivity contribution in [3.8, 4) is 5.88 Å². The van der Waals surface area contributed by atoms with Crippen LogP contribution < -0.4 is 5.32 Å². The van der Waals surface area contributed by atoms with E-state index in [0.29, 0.717) is 33.0 Å². The zero-order valence-electron chi connectivity index (χ0n) is 17.8. The molecule has 4 heterocycles. The molecular weight excluding hydrogens is 392 g/mol. The van der Waals surface area contributed by atoms with Gasteiger partial charge in [-0.1, -0.05) is 6.07 Å². The second-order valence-corrected chi connectivity index (χ2v) is 8.18. The summed E-state index contributed by atoms with van der Waals surface area (Å²) in [6.45, 7) is 5.21. The molecule has 0 radical (unpaired) electrons. The molecule has 1 unspecified atom stereocenters. The second kappa shape index (κ2) is 8.69. The van der Waals surface area contributed by atoms with Crippen LogP contribution in [0.4, 0.5) is 5.69 Å². The van der Waals surface area contributed by atoms with Crippen molar-refractivity contribution in [2.45, 2.75) is 31.8 Å². The van der Waals surface area contributed by atoms with Crippen LogP contribution in [-0.4, -0.2) is 53.3 Å². The van der Waals surface area contributed by atoms with Crippen molar-refractivity contribution in [3.05, 3.63) is 53.9 Å². The van der Waals surface area contributed by atoms with E-state index in [1.54, 1.807) is 6.20 Å². The van der Waals surface area contributed by atoms with Crippen LogP contribution in [0.2, 0.25) is 0 Å². The van der Waals surface area contributed by atoms with E-state index in [-0.39, 0.29) is 18.0 Å². The number of aromatic hydroxyl groups is 1. The van der Waals surface area contributed by atoms with Gasteiger partial charge >= 0.3 is 0 Å². The van der Waals surface area contributed by atoms with Crippen molar-refractivity contribution in [2.75, 3.05) is 38.3 Å². The van der Waals surface area contributed by atoms with Gasteiger partial charge in [0.25, 0.3) is 0 Å². The van der Waals surface area contributed by atoms with Crippen molar-refractivity contribution in [1.82, 2.24) is 9.55 Å². The number of aromatic nitrogens is 2. The van der Waals surface area contributed by atoms with Crippen LogP contribution in [0.1, 0.15) is 43.0 Å². The van der Waals surface area contributed by atoms with E-state index in [9.17, 15) is 5.11 Å². The number of ether oxygens (including phenoxy) is 2. The molecule has 5 rings (SSSR count). The summed E-state index contributed by atoms with van der Waals surface area (Å²) in [4.78, 5) is 8.90. The number of nitrogens with one attached hydrogen (secondary N) is 1. The highest BCUT2D eigenvalue weighted by Gasteiger charge is 2.27. The Hall–Kier alpha value is -2.90. The van der Waals surface area contributed by atoms with Gasteiger partial charge in [0, 0.05) is 42.7 Å². The van der Waals surface area contributed by atoms with Crippen molar-refractivity contribution < 1.29 is 14.6 Å². The number of pyridine rings is 1. The molecule has 1 aromatic carbocycles. The van der Waals surface area contributed by atoms with Crippen LogP contribution in [-0.2, 0) is 9.47 Å². The monoisotopic (exact) mass is 420 g/mol. The van der Waals surface area contributed by atoms with E-state index in [0.717, 1.165) is 46.3 Å². The summed E-state index contributed by atoms with van der Waals surface area (Å²) in [6, 6.07) is 10.6. The fourth-order valence-corrected chi connectivity index (χ4v) is 4.56. The molecule has 1 saturated heterocycles. The average molecular weight is 421 g/mol. The maximum absolute atomic E-state index is 11.3. The number of anilines is 1. The Bertz CT molecular complexity index is 1090. The van der Waals surface area contributed by atoms with Crippen LogP contribution in [0.25, 0.3) is 10.9 Å². The smallest absolute Gasteiger partial charge is 0.201 e. The molecule has 1 fully saturated rings. The van der Waals surface area contributed by atoms with Gasteiger partial charge in [-0.3, -0.25) is 9.98 Å². The molecule has 2 aliphatic heterocycles. The Labute approximate surface area is 181 Å². The Kier molecular flexibility index (Phi) is 5.61. The first-order valence-electron chi connectivity index (χ1n) is 10.9. The zero-order chi connectivity index (χ0) is 21.2. The minimum Gasteiger partial charge on any atom is -0.494 e. The van der Waals surface area contributed by atoms with Gasteiger partial charge in [0.1, 0.15) is 0 Å². The maximum atomic E-state index is 11.3. The van der Waals surface area contributed by atoms with E-state index in [2.05, 4.69) is 51.0 Å². The number of hydrogen-bond acceptors (Lipinski definition) is 6. The molecule has 0 aliphatic carbocycles. The Morgan fingerprint density at radius 1 is 1.16 bits per heavy atom. The summed E-state index contributed by atoms with van der Waals surface area (Å²) < 4.78 is 13.3. The van der Waals surface area contributed by atoms with Gasteiger partial charge in [-0.2, -0.15) is 0 Å². The predicted octanol–water partition coefficient (Wildman–Crippen LogP) is 4.09. The van der Waals surface area contributed by atoms with Gasteiger partial charge in [-0.05, 0) is 49.6 Å². The molecule has 162 valence electrons. The summed E-state index contributed by atoms with van der Waals surface area (Å²) in [5.41, 5.74) is 4.74. The average Bonchev–Trinajstić information content (AvgIpc) is 3.11. The third-order valence-electron chi connectivity index (χ3n) is 6.17. The van der Waals surface area contributed by atoms with E-state index in [4.69, 9.17) is 9.47 Å². The molecular formula is C24H28N4O3. The fourth-order valence-electron chi connectivity index (χ4n) is 4.56. The zero-order valence-corrected chi connectivity index (χ0v) is 17.8. The van der Waals surface area contributed by atoms with Crippen molar-refractivity contribution in [2.24, 2.45) is 4.99 Å². The molecule has 0 bridgehead atoms. The van der Waals surface area contributed by atoms with Gasteiger partial charge in [0.05, 0.1) is 42.6 Å². The van der Waals surface area contributed by atoms with E-state index < -0.39 is 0 Å². The summed E-state index contributed by atoms with van der Waals surface area (Å²) in [7, 11) is 0. The van der Waals surface area contributed by atoms with E-state index in [1.807, 2.05) is 12.3 Å². The Balaban J connectivity index is 1.58.